The first-order chi connectivity index (χ1) is 17.3. The van der Waals surface area contributed by atoms with Gasteiger partial charge in [0.15, 0.2) is 0 Å². The molecule has 2 aliphatic carbocycles. The second kappa shape index (κ2) is 9.84. The lowest BCUT2D eigenvalue weighted by molar-refractivity contribution is 0.0954. The second-order valence-electron chi connectivity index (χ2n) is 8.99. The minimum atomic E-state index is -0.364. The maximum atomic E-state index is 12.7. The molecule has 0 spiro atoms. The number of carbonyl (C=O) groups excluding carboxylic acids is 1. The highest BCUT2D eigenvalue weighted by Gasteiger charge is 2.20. The molecule has 0 fully saturated rings. The van der Waals surface area contributed by atoms with Gasteiger partial charge in [-0.3, -0.25) is 9.59 Å². The number of hydrogen-bond donors (Lipinski definition) is 2. The molecule has 1 unspecified atom stereocenters. The summed E-state index contributed by atoms with van der Waals surface area (Å²) in [7, 11) is 0. The molecule has 0 saturated carbocycles. The van der Waals surface area contributed by atoms with Crippen molar-refractivity contribution < 1.29 is 14.3 Å². The number of phenols is 1. The minimum Gasteiger partial charge on any atom is -0.506 e. The van der Waals surface area contributed by atoms with E-state index >= 15 is 0 Å². The maximum Gasteiger partial charge on any atom is 0.251 e. The van der Waals surface area contributed by atoms with Gasteiger partial charge in [-0.25, -0.2) is 0 Å². The molecule has 5 rings (SSSR count). The first-order valence-corrected chi connectivity index (χ1v) is 12.4. The van der Waals surface area contributed by atoms with Gasteiger partial charge < -0.3 is 14.8 Å². The van der Waals surface area contributed by atoms with Crippen LogP contribution >= 0.6 is 23.2 Å². The molecule has 1 atom stereocenters. The van der Waals surface area contributed by atoms with Crippen molar-refractivity contribution in [2.24, 2.45) is 5.92 Å². The third-order valence-electron chi connectivity index (χ3n) is 6.37. The second-order valence-corrected chi connectivity index (χ2v) is 9.80. The zero-order chi connectivity index (χ0) is 25.4. The van der Waals surface area contributed by atoms with Gasteiger partial charge in [0.25, 0.3) is 5.91 Å². The predicted octanol–water partition coefficient (Wildman–Crippen LogP) is 7.22. The number of amides is 1. The topological polar surface area (TPSA) is 79.5 Å². The Morgan fingerprint density at radius 3 is 2.61 bits per heavy atom. The number of fused-ring (bicyclic) bond motifs is 2. The van der Waals surface area contributed by atoms with Gasteiger partial charge >= 0.3 is 0 Å². The third kappa shape index (κ3) is 4.77. The predicted molar refractivity (Wildman–Crippen MR) is 144 cm³/mol. The molecule has 182 valence electrons. The first kappa shape index (κ1) is 24.2. The number of allylic oxidation sites excluding steroid dienone is 3. The maximum absolute atomic E-state index is 12.7. The quantitative estimate of drug-likeness (QED) is 0.273. The molecule has 0 radical (unpaired) electrons. The summed E-state index contributed by atoms with van der Waals surface area (Å²) in [6.07, 6.45) is 8.36. The summed E-state index contributed by atoms with van der Waals surface area (Å²) in [5, 5.41) is 13.9. The van der Waals surface area contributed by atoms with Crippen molar-refractivity contribution in [2.75, 3.05) is 6.54 Å². The normalized spacial score (nSPS) is 15.3. The number of phenolic OH excluding ortho intramolecular Hbond substituents is 1. The number of carbonyl (C=O) groups is 1. The number of halogens is 2. The van der Waals surface area contributed by atoms with Gasteiger partial charge in [-0.1, -0.05) is 66.1 Å². The van der Waals surface area contributed by atoms with E-state index in [1.807, 2.05) is 12.1 Å². The largest absolute Gasteiger partial charge is 0.506 e. The lowest BCUT2D eigenvalue weighted by atomic mass is 9.93. The van der Waals surface area contributed by atoms with Crippen molar-refractivity contribution in [3.63, 3.8) is 0 Å². The van der Waals surface area contributed by atoms with E-state index in [2.05, 4.69) is 30.5 Å². The van der Waals surface area contributed by atoms with E-state index in [1.165, 1.54) is 17.7 Å². The molecule has 0 bridgehead atoms. The van der Waals surface area contributed by atoms with Crippen LogP contribution in [0.2, 0.25) is 10.0 Å². The van der Waals surface area contributed by atoms with Gasteiger partial charge in [0.05, 0.1) is 10.0 Å². The molecule has 2 N–H and O–H groups in total. The smallest absolute Gasteiger partial charge is 0.251 e. The van der Waals surface area contributed by atoms with Crippen LogP contribution < -0.4 is 10.7 Å². The number of aromatic hydroxyl groups is 1. The first-order valence-electron chi connectivity index (χ1n) is 11.6. The fraction of sp³-hybridized carbons (Fsp3) is 0.172. The summed E-state index contributed by atoms with van der Waals surface area (Å²) in [6.45, 7) is 2.73. The van der Waals surface area contributed by atoms with Crippen molar-refractivity contribution in [2.45, 2.75) is 19.8 Å². The van der Waals surface area contributed by atoms with Gasteiger partial charge in [0.2, 0.25) is 5.43 Å². The Morgan fingerprint density at radius 1 is 1.11 bits per heavy atom. The molecule has 1 aliphatic heterocycles. The molecule has 0 aromatic heterocycles. The average molecular weight is 520 g/mol. The molecule has 3 aliphatic rings. The van der Waals surface area contributed by atoms with Crippen LogP contribution in [0, 0.1) is 5.92 Å². The molecule has 1 amide bonds. The number of rotatable bonds is 5. The Balaban J connectivity index is 1.46. The van der Waals surface area contributed by atoms with Crippen molar-refractivity contribution >= 4 is 40.1 Å². The molecule has 1 heterocycles. The van der Waals surface area contributed by atoms with Crippen molar-refractivity contribution in [3.05, 3.63) is 98.2 Å². The van der Waals surface area contributed by atoms with Crippen LogP contribution in [0.25, 0.3) is 33.4 Å². The van der Waals surface area contributed by atoms with Crippen LogP contribution in [0.5, 0.6) is 5.75 Å². The lowest BCUT2D eigenvalue weighted by Crippen LogP contribution is -2.24. The Labute approximate surface area is 218 Å². The van der Waals surface area contributed by atoms with Crippen LogP contribution in [-0.4, -0.2) is 17.6 Å². The minimum absolute atomic E-state index is 0.0663. The fourth-order valence-corrected chi connectivity index (χ4v) is 4.71. The molecule has 0 saturated heterocycles. The van der Waals surface area contributed by atoms with Crippen molar-refractivity contribution in [3.8, 4) is 28.2 Å². The number of hydrogen-bond acceptors (Lipinski definition) is 4. The van der Waals surface area contributed by atoms with Crippen LogP contribution in [-0.2, 0) is 0 Å². The van der Waals surface area contributed by atoms with E-state index < -0.39 is 0 Å². The SMILES string of the molecule is CC1C=CC(CCNC(=O)c2ccc(-c3c4cc(Cl)c(=O)cc-4oc4cc(O)c(Cl)cc34)cc2)=CC1. The Kier molecular flexibility index (Phi) is 6.61. The van der Waals surface area contributed by atoms with E-state index in [0.29, 0.717) is 40.3 Å². The van der Waals surface area contributed by atoms with Crippen molar-refractivity contribution in [1.82, 2.24) is 5.32 Å². The van der Waals surface area contributed by atoms with E-state index in [4.69, 9.17) is 27.6 Å². The summed E-state index contributed by atoms with van der Waals surface area (Å²) in [4.78, 5) is 24.9. The molecule has 5 nitrogen and oxygen atoms in total. The molecule has 36 heavy (non-hydrogen) atoms. The Morgan fingerprint density at radius 2 is 1.89 bits per heavy atom. The van der Waals surface area contributed by atoms with E-state index in [-0.39, 0.29) is 27.1 Å². The van der Waals surface area contributed by atoms with Crippen LogP contribution in [0.15, 0.2) is 81.5 Å². The highest BCUT2D eigenvalue weighted by molar-refractivity contribution is 6.33. The molecular formula is C29H23Cl2NO4. The molecule has 2 aromatic carbocycles. The fourth-order valence-electron chi connectivity index (χ4n) is 4.38. The number of nitrogens with one attached hydrogen (secondary N) is 1. The van der Waals surface area contributed by atoms with Crippen LogP contribution in [0.4, 0.5) is 0 Å². The standard InChI is InChI=1S/C29H23Cl2NO4/c1-16-2-4-17(5-3-16)10-11-32-29(35)19-8-6-18(7-9-19)28-20-12-22(30)24(33)14-26(20)36-27-15-25(34)23(31)13-21(27)28/h2,4-9,12-16,33H,3,10-11H2,1H3,(H,32,35). The van der Waals surface area contributed by atoms with Gasteiger partial charge in [0.1, 0.15) is 17.1 Å². The molecule has 2 aromatic rings. The highest BCUT2D eigenvalue weighted by Crippen LogP contribution is 2.43. The van der Waals surface area contributed by atoms with Gasteiger partial charge in [-0.05, 0) is 48.6 Å². The lowest BCUT2D eigenvalue weighted by Gasteiger charge is -2.16. The Bertz CT molecular complexity index is 1570. The summed E-state index contributed by atoms with van der Waals surface area (Å²) in [5.74, 6) is 0.612. The highest BCUT2D eigenvalue weighted by atomic mass is 35.5. The van der Waals surface area contributed by atoms with Gasteiger partial charge in [-0.15, -0.1) is 0 Å². The van der Waals surface area contributed by atoms with E-state index in [1.54, 1.807) is 24.3 Å². The van der Waals surface area contributed by atoms with Crippen molar-refractivity contribution in [1.29, 1.82) is 0 Å². The zero-order valence-corrected chi connectivity index (χ0v) is 21.0. The average Bonchev–Trinajstić information content (AvgIpc) is 2.86. The van der Waals surface area contributed by atoms with Gasteiger partial charge in [-0.2, -0.15) is 0 Å². The summed E-state index contributed by atoms with van der Waals surface area (Å²) in [5.41, 5.74) is 3.90. The zero-order valence-electron chi connectivity index (χ0n) is 19.5. The van der Waals surface area contributed by atoms with E-state index in [9.17, 15) is 14.7 Å². The summed E-state index contributed by atoms with van der Waals surface area (Å²) >= 11 is 12.4. The van der Waals surface area contributed by atoms with Gasteiger partial charge in [0, 0.05) is 40.8 Å². The number of benzene rings is 3. The molecular weight excluding hydrogens is 497 g/mol. The van der Waals surface area contributed by atoms with Crippen LogP contribution in [0.3, 0.4) is 0 Å². The van der Waals surface area contributed by atoms with Crippen LogP contribution in [0.1, 0.15) is 30.1 Å². The monoisotopic (exact) mass is 519 g/mol. The van der Waals surface area contributed by atoms with E-state index in [0.717, 1.165) is 24.0 Å². The Hall–Kier alpha value is -3.54. The third-order valence-corrected chi connectivity index (χ3v) is 6.97. The summed E-state index contributed by atoms with van der Waals surface area (Å²) in [6, 6.07) is 13.1. The summed E-state index contributed by atoms with van der Waals surface area (Å²) < 4.78 is 5.89. The molecule has 7 heteroatoms.